The molecular formula is C21H17FN2O3. The number of carbonyl (C=O) groups is 2. The number of halogens is 1. The minimum Gasteiger partial charge on any atom is -0.459 e. The number of anilines is 1. The summed E-state index contributed by atoms with van der Waals surface area (Å²) in [5.41, 5.74) is 3.15. The molecule has 0 saturated heterocycles. The molecule has 4 rings (SSSR count). The molecule has 1 aromatic heterocycles. The SMILES string of the molecule is O=C(Nc1ccc2c(c1)CN(C(=O)c1ccco1)CC2)c1ccc(F)cc1. The zero-order valence-corrected chi connectivity index (χ0v) is 14.4. The third-order valence-electron chi connectivity index (χ3n) is 4.60. The van der Waals surface area contributed by atoms with Crippen LogP contribution in [-0.4, -0.2) is 23.3 Å². The number of rotatable bonds is 3. The van der Waals surface area contributed by atoms with Gasteiger partial charge >= 0.3 is 0 Å². The molecule has 5 nitrogen and oxygen atoms in total. The van der Waals surface area contributed by atoms with E-state index in [1.807, 2.05) is 18.2 Å². The summed E-state index contributed by atoms with van der Waals surface area (Å²) in [6, 6.07) is 14.4. The Bertz CT molecular complexity index is 981. The first-order valence-corrected chi connectivity index (χ1v) is 8.61. The third-order valence-corrected chi connectivity index (χ3v) is 4.60. The van der Waals surface area contributed by atoms with Gasteiger partial charge in [0.2, 0.25) is 0 Å². The van der Waals surface area contributed by atoms with Crippen molar-refractivity contribution in [3.63, 3.8) is 0 Å². The molecule has 136 valence electrons. The van der Waals surface area contributed by atoms with Gasteiger partial charge in [-0.2, -0.15) is 0 Å². The average molecular weight is 364 g/mol. The lowest BCUT2D eigenvalue weighted by atomic mass is 9.98. The van der Waals surface area contributed by atoms with Crippen molar-refractivity contribution in [3.8, 4) is 0 Å². The Morgan fingerprint density at radius 2 is 1.85 bits per heavy atom. The molecule has 3 aromatic rings. The van der Waals surface area contributed by atoms with Gasteiger partial charge in [-0.3, -0.25) is 9.59 Å². The third kappa shape index (κ3) is 3.60. The normalized spacial score (nSPS) is 13.1. The van der Waals surface area contributed by atoms with Crippen molar-refractivity contribution in [3.05, 3.63) is 89.1 Å². The average Bonchev–Trinajstić information content (AvgIpc) is 3.22. The fourth-order valence-corrected chi connectivity index (χ4v) is 3.17. The molecule has 0 unspecified atom stereocenters. The van der Waals surface area contributed by atoms with Crippen molar-refractivity contribution >= 4 is 17.5 Å². The van der Waals surface area contributed by atoms with E-state index >= 15 is 0 Å². The maximum atomic E-state index is 13.0. The highest BCUT2D eigenvalue weighted by atomic mass is 19.1. The highest BCUT2D eigenvalue weighted by Gasteiger charge is 2.23. The van der Waals surface area contributed by atoms with Gasteiger partial charge in [-0.15, -0.1) is 0 Å². The standard InChI is InChI=1S/C21H17FN2O3/c22-17-6-3-15(4-7-17)20(25)23-18-8-5-14-9-10-24(13-16(14)12-18)21(26)19-2-1-11-27-19/h1-8,11-12H,9-10,13H2,(H,23,25). The van der Waals surface area contributed by atoms with Crippen LogP contribution in [0.15, 0.2) is 65.3 Å². The fraction of sp³-hybridized carbons (Fsp3) is 0.143. The number of carbonyl (C=O) groups excluding carboxylic acids is 2. The topological polar surface area (TPSA) is 62.6 Å². The maximum absolute atomic E-state index is 13.0. The second-order valence-electron chi connectivity index (χ2n) is 6.40. The van der Waals surface area contributed by atoms with Crippen LogP contribution >= 0.6 is 0 Å². The second kappa shape index (κ2) is 7.07. The smallest absolute Gasteiger partial charge is 0.289 e. The van der Waals surface area contributed by atoms with E-state index < -0.39 is 0 Å². The minimum absolute atomic E-state index is 0.147. The molecule has 6 heteroatoms. The fourth-order valence-electron chi connectivity index (χ4n) is 3.17. The van der Waals surface area contributed by atoms with Gasteiger partial charge in [-0.25, -0.2) is 4.39 Å². The number of benzene rings is 2. The first-order valence-electron chi connectivity index (χ1n) is 8.61. The van der Waals surface area contributed by atoms with E-state index in [0.29, 0.717) is 30.1 Å². The number of hydrogen-bond donors (Lipinski definition) is 1. The van der Waals surface area contributed by atoms with E-state index in [4.69, 9.17) is 4.42 Å². The van der Waals surface area contributed by atoms with Crippen molar-refractivity contribution in [2.45, 2.75) is 13.0 Å². The number of furan rings is 1. The van der Waals surface area contributed by atoms with E-state index in [1.165, 1.54) is 30.5 Å². The first kappa shape index (κ1) is 17.0. The molecule has 1 N–H and O–H groups in total. The molecule has 0 saturated carbocycles. The molecule has 0 atom stereocenters. The van der Waals surface area contributed by atoms with Crippen LogP contribution in [0.1, 0.15) is 32.0 Å². The summed E-state index contributed by atoms with van der Waals surface area (Å²) in [5, 5.41) is 2.82. The molecule has 2 heterocycles. The number of nitrogens with one attached hydrogen (secondary N) is 1. The Labute approximate surface area is 155 Å². The molecule has 0 bridgehead atoms. The highest BCUT2D eigenvalue weighted by Crippen LogP contribution is 2.24. The highest BCUT2D eigenvalue weighted by molar-refractivity contribution is 6.04. The van der Waals surface area contributed by atoms with Crippen LogP contribution in [0.3, 0.4) is 0 Å². The van der Waals surface area contributed by atoms with Crippen molar-refractivity contribution in [2.24, 2.45) is 0 Å². The summed E-state index contributed by atoms with van der Waals surface area (Å²) >= 11 is 0. The van der Waals surface area contributed by atoms with Crippen molar-refractivity contribution in [1.82, 2.24) is 4.90 Å². The lowest BCUT2D eigenvalue weighted by Crippen LogP contribution is -2.35. The Morgan fingerprint density at radius 3 is 2.59 bits per heavy atom. The second-order valence-corrected chi connectivity index (χ2v) is 6.40. The van der Waals surface area contributed by atoms with E-state index in [1.54, 1.807) is 17.0 Å². The molecule has 1 aliphatic rings. The van der Waals surface area contributed by atoms with E-state index in [0.717, 1.165) is 17.5 Å². The zero-order valence-electron chi connectivity index (χ0n) is 14.4. The van der Waals surface area contributed by atoms with Crippen LogP contribution in [0.4, 0.5) is 10.1 Å². The lowest BCUT2D eigenvalue weighted by molar-refractivity contribution is 0.0702. The summed E-state index contributed by atoms with van der Waals surface area (Å²) in [6.45, 7) is 1.07. The molecule has 0 radical (unpaired) electrons. The number of fused-ring (bicyclic) bond motifs is 1. The summed E-state index contributed by atoms with van der Waals surface area (Å²) < 4.78 is 18.2. The van der Waals surface area contributed by atoms with E-state index in [9.17, 15) is 14.0 Å². The van der Waals surface area contributed by atoms with Gasteiger partial charge in [0, 0.05) is 24.3 Å². The quantitative estimate of drug-likeness (QED) is 0.767. The van der Waals surface area contributed by atoms with Gasteiger partial charge in [0.05, 0.1) is 6.26 Å². The Balaban J connectivity index is 1.50. The molecular weight excluding hydrogens is 347 g/mol. The molecule has 0 aliphatic carbocycles. The number of amides is 2. The van der Waals surface area contributed by atoms with Crippen LogP contribution in [0.2, 0.25) is 0 Å². The van der Waals surface area contributed by atoms with E-state index in [-0.39, 0.29) is 17.6 Å². The molecule has 2 aromatic carbocycles. The van der Waals surface area contributed by atoms with Crippen molar-refractivity contribution in [1.29, 1.82) is 0 Å². The van der Waals surface area contributed by atoms with Gasteiger partial charge in [0.15, 0.2) is 5.76 Å². The molecule has 2 amide bonds. The van der Waals surface area contributed by atoms with Crippen LogP contribution in [0.5, 0.6) is 0 Å². The van der Waals surface area contributed by atoms with Gasteiger partial charge in [0.1, 0.15) is 5.82 Å². The van der Waals surface area contributed by atoms with Crippen LogP contribution in [-0.2, 0) is 13.0 Å². The van der Waals surface area contributed by atoms with Gasteiger partial charge < -0.3 is 14.6 Å². The number of hydrogen-bond acceptors (Lipinski definition) is 3. The molecule has 0 spiro atoms. The van der Waals surface area contributed by atoms with Crippen molar-refractivity contribution in [2.75, 3.05) is 11.9 Å². The van der Waals surface area contributed by atoms with Gasteiger partial charge in [-0.1, -0.05) is 6.07 Å². The Hall–Kier alpha value is -3.41. The van der Waals surface area contributed by atoms with Crippen LogP contribution in [0.25, 0.3) is 0 Å². The Morgan fingerprint density at radius 1 is 1.04 bits per heavy atom. The molecule has 27 heavy (non-hydrogen) atoms. The predicted octanol–water partition coefficient (Wildman–Crippen LogP) is 3.87. The van der Waals surface area contributed by atoms with Crippen LogP contribution < -0.4 is 5.32 Å². The minimum atomic E-state index is -0.387. The maximum Gasteiger partial charge on any atom is 0.289 e. The van der Waals surface area contributed by atoms with Crippen molar-refractivity contribution < 1.29 is 18.4 Å². The summed E-state index contributed by atoms with van der Waals surface area (Å²) in [5.74, 6) is -0.526. The zero-order chi connectivity index (χ0) is 18.8. The lowest BCUT2D eigenvalue weighted by Gasteiger charge is -2.28. The number of nitrogens with zero attached hydrogens (tertiary/aromatic N) is 1. The summed E-state index contributed by atoms with van der Waals surface area (Å²) in [4.78, 5) is 26.5. The summed E-state index contributed by atoms with van der Waals surface area (Å²) in [6.07, 6.45) is 2.22. The first-order chi connectivity index (χ1) is 13.1. The van der Waals surface area contributed by atoms with Gasteiger partial charge in [-0.05, 0) is 66.1 Å². The van der Waals surface area contributed by atoms with Crippen LogP contribution in [0, 0.1) is 5.82 Å². The predicted molar refractivity (Wildman–Crippen MR) is 97.9 cm³/mol. The molecule has 1 aliphatic heterocycles. The largest absolute Gasteiger partial charge is 0.459 e. The van der Waals surface area contributed by atoms with E-state index in [2.05, 4.69) is 5.32 Å². The monoisotopic (exact) mass is 364 g/mol. The summed E-state index contributed by atoms with van der Waals surface area (Å²) in [7, 11) is 0. The van der Waals surface area contributed by atoms with Gasteiger partial charge in [0.25, 0.3) is 11.8 Å². The Kier molecular flexibility index (Phi) is 4.46. The molecule has 0 fully saturated rings.